The molecule has 0 radical (unpaired) electrons. The fraction of sp³-hybridized carbons (Fsp3) is 0.300. The minimum Gasteiger partial charge on any atom is -0.484 e. The second-order valence-corrected chi connectivity index (χ2v) is 5.83. The smallest absolute Gasteiger partial charge is 0.265 e. The SMILES string of the molecule is CCNC(=O)COc1ccc(NC(=O)C(C)Oc2ccc(C)cc2)cc1. The molecule has 0 heterocycles. The van der Waals surface area contributed by atoms with Crippen molar-refractivity contribution in [1.29, 1.82) is 0 Å². The number of ether oxygens (including phenoxy) is 2. The van der Waals surface area contributed by atoms with Gasteiger partial charge in [0.15, 0.2) is 12.7 Å². The summed E-state index contributed by atoms with van der Waals surface area (Å²) in [6, 6.07) is 14.3. The van der Waals surface area contributed by atoms with Gasteiger partial charge >= 0.3 is 0 Å². The van der Waals surface area contributed by atoms with Gasteiger partial charge in [-0.15, -0.1) is 0 Å². The third kappa shape index (κ3) is 6.12. The Bertz CT molecular complexity index is 726. The lowest BCUT2D eigenvalue weighted by Crippen LogP contribution is -2.30. The first-order chi connectivity index (χ1) is 12.5. The van der Waals surface area contributed by atoms with Gasteiger partial charge < -0.3 is 20.1 Å². The molecule has 2 aromatic rings. The van der Waals surface area contributed by atoms with Crippen LogP contribution in [0.3, 0.4) is 0 Å². The highest BCUT2D eigenvalue weighted by Gasteiger charge is 2.15. The maximum atomic E-state index is 12.2. The van der Waals surface area contributed by atoms with Crippen molar-refractivity contribution in [1.82, 2.24) is 5.32 Å². The minimum atomic E-state index is -0.633. The van der Waals surface area contributed by atoms with E-state index in [0.29, 0.717) is 23.7 Å². The van der Waals surface area contributed by atoms with E-state index in [1.807, 2.05) is 38.1 Å². The molecule has 1 unspecified atom stereocenters. The number of rotatable bonds is 8. The molecule has 0 saturated carbocycles. The standard InChI is InChI=1S/C20H24N2O4/c1-4-21-19(23)13-25-17-11-7-16(8-12-17)22-20(24)15(3)26-18-9-5-14(2)6-10-18/h5-12,15H,4,13H2,1-3H3,(H,21,23)(H,22,24). The number of likely N-dealkylation sites (N-methyl/N-ethyl adjacent to an activating group) is 1. The van der Waals surface area contributed by atoms with Crippen molar-refractivity contribution < 1.29 is 19.1 Å². The summed E-state index contributed by atoms with van der Waals surface area (Å²) in [6.45, 7) is 6.05. The maximum absolute atomic E-state index is 12.2. The molecule has 0 saturated heterocycles. The Morgan fingerprint density at radius 2 is 1.62 bits per heavy atom. The lowest BCUT2D eigenvalue weighted by Gasteiger charge is -2.15. The van der Waals surface area contributed by atoms with Gasteiger partial charge in [0.2, 0.25) is 0 Å². The summed E-state index contributed by atoms with van der Waals surface area (Å²) in [6.07, 6.45) is -0.633. The largest absolute Gasteiger partial charge is 0.484 e. The monoisotopic (exact) mass is 356 g/mol. The molecule has 2 rings (SSSR count). The van der Waals surface area contributed by atoms with E-state index in [1.54, 1.807) is 31.2 Å². The van der Waals surface area contributed by atoms with Crippen molar-refractivity contribution in [3.63, 3.8) is 0 Å². The van der Waals surface area contributed by atoms with E-state index < -0.39 is 6.10 Å². The lowest BCUT2D eigenvalue weighted by atomic mass is 10.2. The van der Waals surface area contributed by atoms with Crippen LogP contribution in [0.25, 0.3) is 0 Å². The molecular weight excluding hydrogens is 332 g/mol. The van der Waals surface area contributed by atoms with Crippen LogP contribution in [-0.4, -0.2) is 31.1 Å². The Morgan fingerprint density at radius 3 is 2.23 bits per heavy atom. The summed E-state index contributed by atoms with van der Waals surface area (Å²) in [5.74, 6) is 0.777. The first-order valence-corrected chi connectivity index (χ1v) is 8.51. The number of carbonyl (C=O) groups excluding carboxylic acids is 2. The number of benzene rings is 2. The Balaban J connectivity index is 1.84. The molecule has 138 valence electrons. The van der Waals surface area contributed by atoms with Gasteiger partial charge in [0, 0.05) is 12.2 Å². The van der Waals surface area contributed by atoms with Crippen LogP contribution in [0, 0.1) is 6.92 Å². The van der Waals surface area contributed by atoms with Crippen LogP contribution in [0.1, 0.15) is 19.4 Å². The predicted molar refractivity (Wildman–Crippen MR) is 101 cm³/mol. The van der Waals surface area contributed by atoms with Crippen molar-refractivity contribution in [3.05, 3.63) is 54.1 Å². The average molecular weight is 356 g/mol. The van der Waals surface area contributed by atoms with E-state index in [2.05, 4.69) is 10.6 Å². The molecule has 0 aliphatic heterocycles. The van der Waals surface area contributed by atoms with Crippen LogP contribution >= 0.6 is 0 Å². The zero-order valence-corrected chi connectivity index (χ0v) is 15.2. The van der Waals surface area contributed by atoms with Crippen molar-refractivity contribution >= 4 is 17.5 Å². The van der Waals surface area contributed by atoms with E-state index in [1.165, 1.54) is 0 Å². The molecule has 2 aromatic carbocycles. The van der Waals surface area contributed by atoms with Crippen LogP contribution in [0.2, 0.25) is 0 Å². The highest BCUT2D eigenvalue weighted by molar-refractivity contribution is 5.94. The summed E-state index contributed by atoms with van der Waals surface area (Å²) in [5, 5.41) is 5.44. The maximum Gasteiger partial charge on any atom is 0.265 e. The van der Waals surface area contributed by atoms with Crippen molar-refractivity contribution in [3.8, 4) is 11.5 Å². The first kappa shape index (κ1) is 19.3. The number of aryl methyl sites for hydroxylation is 1. The van der Waals surface area contributed by atoms with E-state index in [-0.39, 0.29) is 18.4 Å². The fourth-order valence-electron chi connectivity index (χ4n) is 2.15. The highest BCUT2D eigenvalue weighted by Crippen LogP contribution is 2.17. The number of anilines is 1. The van der Waals surface area contributed by atoms with Crippen molar-refractivity contribution in [2.75, 3.05) is 18.5 Å². The third-order valence-corrected chi connectivity index (χ3v) is 3.57. The normalized spacial score (nSPS) is 11.3. The molecule has 0 aliphatic rings. The summed E-state index contributed by atoms with van der Waals surface area (Å²) < 4.78 is 11.0. The molecule has 2 amide bonds. The Labute approximate surface area is 153 Å². The second kappa shape index (κ2) is 9.46. The number of amides is 2. The molecule has 0 spiro atoms. The molecule has 6 nitrogen and oxygen atoms in total. The van der Waals surface area contributed by atoms with Gasteiger partial charge in [0.25, 0.3) is 11.8 Å². The number of hydrogen-bond donors (Lipinski definition) is 2. The van der Waals surface area contributed by atoms with Gasteiger partial charge in [0.05, 0.1) is 0 Å². The van der Waals surface area contributed by atoms with Crippen molar-refractivity contribution in [2.24, 2.45) is 0 Å². The Kier molecular flexibility index (Phi) is 7.02. The summed E-state index contributed by atoms with van der Waals surface area (Å²) in [5.41, 5.74) is 1.75. The molecule has 26 heavy (non-hydrogen) atoms. The van der Waals surface area contributed by atoms with Crippen molar-refractivity contribution in [2.45, 2.75) is 26.9 Å². The van der Waals surface area contributed by atoms with Gasteiger partial charge in [-0.2, -0.15) is 0 Å². The minimum absolute atomic E-state index is 0.0407. The van der Waals surface area contributed by atoms with Gasteiger partial charge in [-0.25, -0.2) is 0 Å². The van der Waals surface area contributed by atoms with Gasteiger partial charge in [0.1, 0.15) is 11.5 Å². The second-order valence-electron chi connectivity index (χ2n) is 5.83. The van der Waals surface area contributed by atoms with Crippen LogP contribution in [0.15, 0.2) is 48.5 Å². The average Bonchev–Trinajstić information content (AvgIpc) is 2.63. The third-order valence-electron chi connectivity index (χ3n) is 3.57. The van der Waals surface area contributed by atoms with Crippen LogP contribution < -0.4 is 20.1 Å². The predicted octanol–water partition coefficient (Wildman–Crippen LogP) is 2.92. The first-order valence-electron chi connectivity index (χ1n) is 8.51. The van der Waals surface area contributed by atoms with Crippen LogP contribution in [0.4, 0.5) is 5.69 Å². The summed E-state index contributed by atoms with van der Waals surface area (Å²) in [7, 11) is 0. The molecule has 0 aromatic heterocycles. The molecule has 0 bridgehead atoms. The zero-order chi connectivity index (χ0) is 18.9. The topological polar surface area (TPSA) is 76.7 Å². The molecule has 2 N–H and O–H groups in total. The number of carbonyl (C=O) groups is 2. The fourth-order valence-corrected chi connectivity index (χ4v) is 2.15. The Morgan fingerprint density at radius 1 is 1.00 bits per heavy atom. The van der Waals surface area contributed by atoms with E-state index in [0.717, 1.165) is 5.56 Å². The van der Waals surface area contributed by atoms with E-state index in [4.69, 9.17) is 9.47 Å². The summed E-state index contributed by atoms with van der Waals surface area (Å²) in [4.78, 5) is 23.6. The quantitative estimate of drug-likeness (QED) is 0.762. The molecule has 1 atom stereocenters. The molecule has 0 aliphatic carbocycles. The molecule has 6 heteroatoms. The molecule has 0 fully saturated rings. The molecular formula is C20H24N2O4. The van der Waals surface area contributed by atoms with E-state index >= 15 is 0 Å². The number of hydrogen-bond acceptors (Lipinski definition) is 4. The van der Waals surface area contributed by atoms with Crippen LogP contribution in [0.5, 0.6) is 11.5 Å². The Hall–Kier alpha value is -3.02. The summed E-state index contributed by atoms with van der Waals surface area (Å²) >= 11 is 0. The highest BCUT2D eigenvalue weighted by atomic mass is 16.5. The van der Waals surface area contributed by atoms with Gasteiger partial charge in [-0.05, 0) is 57.2 Å². The number of nitrogens with one attached hydrogen (secondary N) is 2. The lowest BCUT2D eigenvalue weighted by molar-refractivity contribution is -0.123. The van der Waals surface area contributed by atoms with Gasteiger partial charge in [-0.3, -0.25) is 9.59 Å². The van der Waals surface area contributed by atoms with Crippen LogP contribution in [-0.2, 0) is 9.59 Å². The van der Waals surface area contributed by atoms with Gasteiger partial charge in [-0.1, -0.05) is 17.7 Å². The zero-order valence-electron chi connectivity index (χ0n) is 15.2. The van der Waals surface area contributed by atoms with E-state index in [9.17, 15) is 9.59 Å².